The normalized spacial score (nSPS) is 16.0. The molecule has 0 radical (unpaired) electrons. The number of nitrogens with zero attached hydrogens (tertiary/aromatic N) is 2. The fourth-order valence-electron chi connectivity index (χ4n) is 6.28. The Morgan fingerprint density at radius 2 is 1.52 bits per heavy atom. The summed E-state index contributed by atoms with van der Waals surface area (Å²) in [6, 6.07) is 22.6. The second kappa shape index (κ2) is 12.6. The molecule has 1 aliphatic heterocycles. The van der Waals surface area contributed by atoms with E-state index in [-0.39, 0.29) is 5.97 Å². The maximum absolute atomic E-state index is 13.7. The fourth-order valence-corrected chi connectivity index (χ4v) is 6.28. The molecule has 1 aliphatic carbocycles. The minimum atomic E-state index is -4.49. The van der Waals surface area contributed by atoms with Gasteiger partial charge in [-0.15, -0.1) is 0 Å². The van der Waals surface area contributed by atoms with Gasteiger partial charge in [0, 0.05) is 31.9 Å². The molecule has 1 fully saturated rings. The van der Waals surface area contributed by atoms with Crippen LogP contribution in [0, 0.1) is 0 Å². The van der Waals surface area contributed by atoms with Crippen molar-refractivity contribution in [2.24, 2.45) is 0 Å². The number of carbonyl (C=O) groups excluding carboxylic acids is 2. The molecule has 0 unspecified atom stereocenters. The van der Waals surface area contributed by atoms with Gasteiger partial charge in [0.15, 0.2) is 0 Å². The van der Waals surface area contributed by atoms with Crippen molar-refractivity contribution in [3.63, 3.8) is 0 Å². The van der Waals surface area contributed by atoms with Crippen LogP contribution in [-0.4, -0.2) is 68.8 Å². The number of nitrogens with one attached hydrogen (secondary N) is 1. The predicted octanol–water partition coefficient (Wildman–Crippen LogP) is 5.80. The van der Waals surface area contributed by atoms with Crippen molar-refractivity contribution < 1.29 is 27.5 Å². The molecule has 1 saturated heterocycles. The molecule has 2 aliphatic rings. The zero-order valence-corrected chi connectivity index (χ0v) is 23.8. The topological polar surface area (TPSA) is 61.9 Å². The van der Waals surface area contributed by atoms with Crippen molar-refractivity contribution >= 4 is 17.6 Å². The van der Waals surface area contributed by atoms with Crippen LogP contribution in [0.25, 0.3) is 11.1 Å². The number of anilines is 1. The van der Waals surface area contributed by atoms with Crippen molar-refractivity contribution in [1.82, 2.24) is 10.2 Å². The Labute approximate surface area is 244 Å². The van der Waals surface area contributed by atoms with Gasteiger partial charge in [-0.1, -0.05) is 61.0 Å². The third-order valence-electron chi connectivity index (χ3n) is 8.27. The number of hydrogen-bond acceptors (Lipinski definition) is 5. The van der Waals surface area contributed by atoms with E-state index < -0.39 is 24.0 Å². The molecule has 42 heavy (non-hydrogen) atoms. The molecule has 9 heteroatoms. The van der Waals surface area contributed by atoms with Crippen molar-refractivity contribution in [3.8, 4) is 11.1 Å². The van der Waals surface area contributed by atoms with Gasteiger partial charge >= 0.3 is 12.1 Å². The first-order valence-corrected chi connectivity index (χ1v) is 14.5. The molecule has 6 nitrogen and oxygen atoms in total. The molecule has 222 valence electrons. The molecule has 3 aromatic rings. The fraction of sp³-hybridized carbons (Fsp3) is 0.394. The number of alkyl halides is 3. The van der Waals surface area contributed by atoms with Crippen LogP contribution in [0.2, 0.25) is 0 Å². The first kappa shape index (κ1) is 29.6. The van der Waals surface area contributed by atoms with Gasteiger partial charge in [0.25, 0.3) is 0 Å². The number of fused-ring (bicyclic) bond motifs is 3. The lowest BCUT2D eigenvalue weighted by atomic mass is 9.73. The van der Waals surface area contributed by atoms with Crippen molar-refractivity contribution in [2.45, 2.75) is 37.8 Å². The van der Waals surface area contributed by atoms with Crippen LogP contribution in [0.3, 0.4) is 0 Å². The number of halogens is 3. The molecule has 0 spiro atoms. The van der Waals surface area contributed by atoms with Gasteiger partial charge in [-0.2, -0.15) is 13.2 Å². The molecular formula is C33H36F3N3O3. The monoisotopic (exact) mass is 579 g/mol. The standard InChI is InChI=1S/C33H36F3N3O3/c1-2-42-30(40)24-10-9-11-25(22-24)39-20-18-38(19-21-39)17-8-7-16-32(31(41)37-23-33(34,35)36)28-14-5-3-12-26(28)27-13-4-6-15-29(27)32/h3-6,9-15,22H,2,7-8,16-21,23H2,1H3,(H,37,41). The number of unbranched alkanes of at least 4 members (excludes halogenated alkanes) is 1. The molecule has 0 bridgehead atoms. The quantitative estimate of drug-likeness (QED) is 0.243. The molecule has 1 N–H and O–H groups in total. The van der Waals surface area contributed by atoms with Gasteiger partial charge in [-0.3, -0.25) is 9.69 Å². The molecule has 0 aromatic heterocycles. The van der Waals surface area contributed by atoms with Gasteiger partial charge in [0.2, 0.25) is 5.91 Å². The Balaban J connectivity index is 1.23. The second-order valence-corrected chi connectivity index (χ2v) is 10.9. The summed E-state index contributed by atoms with van der Waals surface area (Å²) >= 11 is 0. The van der Waals surface area contributed by atoms with E-state index in [1.165, 1.54) is 0 Å². The maximum Gasteiger partial charge on any atom is 0.405 e. The molecule has 3 aromatic carbocycles. The molecule has 0 saturated carbocycles. The second-order valence-electron chi connectivity index (χ2n) is 10.9. The van der Waals surface area contributed by atoms with Crippen LogP contribution in [0.4, 0.5) is 18.9 Å². The average molecular weight is 580 g/mol. The van der Waals surface area contributed by atoms with E-state index in [1.54, 1.807) is 13.0 Å². The zero-order chi connectivity index (χ0) is 29.7. The number of ether oxygens (including phenoxy) is 1. The predicted molar refractivity (Wildman–Crippen MR) is 157 cm³/mol. The number of rotatable bonds is 10. The van der Waals surface area contributed by atoms with Gasteiger partial charge in [0.1, 0.15) is 12.0 Å². The third kappa shape index (κ3) is 6.16. The molecule has 1 amide bonds. The number of amides is 1. The highest BCUT2D eigenvalue weighted by atomic mass is 19.4. The van der Waals surface area contributed by atoms with E-state index in [0.29, 0.717) is 25.0 Å². The summed E-state index contributed by atoms with van der Waals surface area (Å²) in [5.41, 5.74) is 3.71. The van der Waals surface area contributed by atoms with Crippen LogP contribution in [0.15, 0.2) is 72.8 Å². The summed E-state index contributed by atoms with van der Waals surface area (Å²) in [5, 5.41) is 2.21. The third-order valence-corrected chi connectivity index (χ3v) is 8.27. The van der Waals surface area contributed by atoms with Crippen LogP contribution in [-0.2, 0) is 14.9 Å². The Bertz CT molecular complexity index is 1370. The number of hydrogen-bond donors (Lipinski definition) is 1. The smallest absolute Gasteiger partial charge is 0.405 e. The van der Waals surface area contributed by atoms with Crippen LogP contribution in [0.5, 0.6) is 0 Å². The Morgan fingerprint density at radius 3 is 2.14 bits per heavy atom. The summed E-state index contributed by atoms with van der Waals surface area (Å²) in [7, 11) is 0. The van der Waals surface area contributed by atoms with Crippen LogP contribution >= 0.6 is 0 Å². The Morgan fingerprint density at radius 1 is 0.881 bits per heavy atom. The van der Waals surface area contributed by atoms with Crippen molar-refractivity contribution in [3.05, 3.63) is 89.5 Å². The molecule has 5 rings (SSSR count). The van der Waals surface area contributed by atoms with E-state index >= 15 is 0 Å². The first-order valence-electron chi connectivity index (χ1n) is 14.5. The van der Waals surface area contributed by atoms with Crippen LogP contribution < -0.4 is 10.2 Å². The van der Waals surface area contributed by atoms with E-state index in [0.717, 1.165) is 67.1 Å². The van der Waals surface area contributed by atoms with E-state index in [9.17, 15) is 22.8 Å². The summed E-state index contributed by atoms with van der Waals surface area (Å²) in [6.07, 6.45) is -2.57. The minimum Gasteiger partial charge on any atom is -0.462 e. The van der Waals surface area contributed by atoms with Crippen molar-refractivity contribution in [1.29, 1.82) is 0 Å². The van der Waals surface area contributed by atoms with Gasteiger partial charge in [0.05, 0.1) is 12.2 Å². The van der Waals surface area contributed by atoms with Gasteiger partial charge in [-0.05, 0) is 66.8 Å². The van der Waals surface area contributed by atoms with Gasteiger partial charge in [-0.25, -0.2) is 4.79 Å². The highest BCUT2D eigenvalue weighted by molar-refractivity contribution is 6.00. The average Bonchev–Trinajstić information content (AvgIpc) is 3.29. The number of carbonyl (C=O) groups is 2. The van der Waals surface area contributed by atoms with E-state index in [2.05, 4.69) is 15.1 Å². The van der Waals surface area contributed by atoms with E-state index in [1.807, 2.05) is 66.7 Å². The van der Waals surface area contributed by atoms with Crippen molar-refractivity contribution in [2.75, 3.05) is 50.8 Å². The maximum atomic E-state index is 13.7. The summed E-state index contributed by atoms with van der Waals surface area (Å²) < 4.78 is 44.5. The van der Waals surface area contributed by atoms with E-state index in [4.69, 9.17) is 4.74 Å². The Kier molecular flexibility index (Phi) is 8.87. The summed E-state index contributed by atoms with van der Waals surface area (Å²) in [6.45, 7) is 4.94. The molecule has 1 heterocycles. The summed E-state index contributed by atoms with van der Waals surface area (Å²) in [5.74, 6) is -0.925. The molecule has 0 atom stereocenters. The zero-order valence-electron chi connectivity index (χ0n) is 23.8. The van der Waals surface area contributed by atoms with Gasteiger partial charge < -0.3 is 15.0 Å². The number of benzene rings is 3. The number of piperazine rings is 1. The lowest BCUT2D eigenvalue weighted by molar-refractivity contribution is -0.141. The van der Waals surface area contributed by atoms with Crippen LogP contribution in [0.1, 0.15) is 47.7 Å². The Hall–Kier alpha value is -3.85. The SMILES string of the molecule is CCOC(=O)c1cccc(N2CCN(CCCCC3(C(=O)NCC(F)(F)F)c4ccccc4-c4ccccc43)CC2)c1. The lowest BCUT2D eigenvalue weighted by Crippen LogP contribution is -2.47. The largest absolute Gasteiger partial charge is 0.462 e. The minimum absolute atomic E-state index is 0.324. The number of esters is 1. The lowest BCUT2D eigenvalue weighted by Gasteiger charge is -2.36. The highest BCUT2D eigenvalue weighted by Gasteiger charge is 2.49. The first-order chi connectivity index (χ1) is 20.2. The summed E-state index contributed by atoms with van der Waals surface area (Å²) in [4.78, 5) is 30.4. The molecular weight excluding hydrogens is 543 g/mol. The highest BCUT2D eigenvalue weighted by Crippen LogP contribution is 2.51.